The van der Waals surface area contributed by atoms with E-state index in [1.807, 2.05) is 0 Å². The van der Waals surface area contributed by atoms with Gasteiger partial charge in [0, 0.05) is 18.7 Å². The highest BCUT2D eigenvalue weighted by Crippen LogP contribution is 2.10. The SMILES string of the molecule is O=C(NCc1ccno1)c1cn(CCC2CCCCN2)nn1. The third-order valence-electron chi connectivity index (χ3n) is 3.80. The monoisotopic (exact) mass is 304 g/mol. The lowest BCUT2D eigenvalue weighted by atomic mass is 10.0. The number of nitrogens with one attached hydrogen (secondary N) is 2. The molecule has 2 aromatic rings. The van der Waals surface area contributed by atoms with E-state index in [9.17, 15) is 4.79 Å². The van der Waals surface area contributed by atoms with Gasteiger partial charge < -0.3 is 15.2 Å². The van der Waals surface area contributed by atoms with Gasteiger partial charge in [-0.2, -0.15) is 0 Å². The van der Waals surface area contributed by atoms with Crippen molar-refractivity contribution in [2.45, 2.75) is 44.8 Å². The molecule has 1 aliphatic heterocycles. The third kappa shape index (κ3) is 3.91. The third-order valence-corrected chi connectivity index (χ3v) is 3.80. The number of rotatable bonds is 6. The molecule has 1 unspecified atom stereocenters. The molecule has 3 heterocycles. The minimum absolute atomic E-state index is 0.265. The van der Waals surface area contributed by atoms with Gasteiger partial charge >= 0.3 is 0 Å². The van der Waals surface area contributed by atoms with Crippen molar-refractivity contribution in [3.05, 3.63) is 29.9 Å². The lowest BCUT2D eigenvalue weighted by Gasteiger charge is -2.23. The van der Waals surface area contributed by atoms with E-state index in [4.69, 9.17) is 4.52 Å². The van der Waals surface area contributed by atoms with Crippen LogP contribution < -0.4 is 10.6 Å². The van der Waals surface area contributed by atoms with Crippen LogP contribution in [0.25, 0.3) is 0 Å². The maximum atomic E-state index is 12.0. The Morgan fingerprint density at radius 3 is 3.23 bits per heavy atom. The molecule has 118 valence electrons. The Bertz CT molecular complexity index is 588. The van der Waals surface area contributed by atoms with Gasteiger partial charge in [-0.3, -0.25) is 9.48 Å². The summed E-state index contributed by atoms with van der Waals surface area (Å²) < 4.78 is 6.64. The summed E-state index contributed by atoms with van der Waals surface area (Å²) >= 11 is 0. The summed E-state index contributed by atoms with van der Waals surface area (Å²) in [5, 5.41) is 17.7. The number of carbonyl (C=O) groups is 1. The molecule has 0 radical (unpaired) electrons. The Morgan fingerprint density at radius 2 is 2.45 bits per heavy atom. The van der Waals surface area contributed by atoms with Gasteiger partial charge in [-0.05, 0) is 25.8 Å². The predicted molar refractivity (Wildman–Crippen MR) is 78.0 cm³/mol. The quantitative estimate of drug-likeness (QED) is 0.816. The molecule has 1 amide bonds. The van der Waals surface area contributed by atoms with Crippen LogP contribution >= 0.6 is 0 Å². The van der Waals surface area contributed by atoms with Crippen molar-refractivity contribution in [2.75, 3.05) is 6.54 Å². The Hall–Kier alpha value is -2.22. The zero-order valence-corrected chi connectivity index (χ0v) is 12.4. The van der Waals surface area contributed by atoms with Crippen LogP contribution in [0, 0.1) is 0 Å². The fraction of sp³-hybridized carbons (Fsp3) is 0.571. The number of aryl methyl sites for hydroxylation is 1. The van der Waals surface area contributed by atoms with Crippen molar-refractivity contribution in [1.29, 1.82) is 0 Å². The molecule has 0 bridgehead atoms. The molecule has 0 aromatic carbocycles. The van der Waals surface area contributed by atoms with E-state index >= 15 is 0 Å². The number of piperidine rings is 1. The van der Waals surface area contributed by atoms with Gasteiger partial charge in [-0.25, -0.2) is 0 Å². The van der Waals surface area contributed by atoms with Gasteiger partial charge in [-0.15, -0.1) is 5.10 Å². The summed E-state index contributed by atoms with van der Waals surface area (Å²) in [6, 6.07) is 2.25. The van der Waals surface area contributed by atoms with E-state index in [1.54, 1.807) is 16.9 Å². The molecule has 3 rings (SSSR count). The largest absolute Gasteiger partial charge is 0.360 e. The number of hydrogen-bond donors (Lipinski definition) is 2. The summed E-state index contributed by atoms with van der Waals surface area (Å²) in [7, 11) is 0. The molecule has 1 aliphatic rings. The number of hydrogen-bond acceptors (Lipinski definition) is 6. The Kier molecular flexibility index (Phi) is 4.79. The first-order valence-electron chi connectivity index (χ1n) is 7.62. The lowest BCUT2D eigenvalue weighted by Crippen LogP contribution is -2.34. The average Bonchev–Trinajstić information content (AvgIpc) is 3.23. The molecular formula is C14H20N6O2. The molecule has 1 fully saturated rings. The molecule has 1 saturated heterocycles. The van der Waals surface area contributed by atoms with Crippen molar-refractivity contribution < 1.29 is 9.32 Å². The summed E-state index contributed by atoms with van der Waals surface area (Å²) in [5.41, 5.74) is 0.316. The number of aromatic nitrogens is 4. The van der Waals surface area contributed by atoms with Gasteiger partial charge in [0.25, 0.3) is 5.91 Å². The zero-order valence-electron chi connectivity index (χ0n) is 12.4. The number of nitrogens with zero attached hydrogens (tertiary/aromatic N) is 4. The second-order valence-corrected chi connectivity index (χ2v) is 5.46. The van der Waals surface area contributed by atoms with Crippen LogP contribution in [-0.2, 0) is 13.1 Å². The summed E-state index contributed by atoms with van der Waals surface area (Å²) in [6.45, 7) is 2.15. The fourth-order valence-corrected chi connectivity index (χ4v) is 2.56. The standard InChI is InChI=1S/C14H20N6O2/c21-14(16-9-12-4-7-17-22-12)13-10-20(19-18-13)8-5-11-3-1-2-6-15-11/h4,7,10-11,15H,1-3,5-6,8-9H2,(H,16,21). The maximum absolute atomic E-state index is 12.0. The van der Waals surface area contributed by atoms with Gasteiger partial charge in [-0.1, -0.05) is 16.8 Å². The highest BCUT2D eigenvalue weighted by molar-refractivity contribution is 5.91. The van der Waals surface area contributed by atoms with Crippen molar-refractivity contribution >= 4 is 5.91 Å². The second kappa shape index (κ2) is 7.17. The highest BCUT2D eigenvalue weighted by atomic mass is 16.5. The smallest absolute Gasteiger partial charge is 0.273 e. The Balaban J connectivity index is 1.46. The van der Waals surface area contributed by atoms with E-state index in [0.717, 1.165) is 19.5 Å². The highest BCUT2D eigenvalue weighted by Gasteiger charge is 2.14. The van der Waals surface area contributed by atoms with Crippen LogP contribution in [0.15, 0.2) is 23.0 Å². The molecular weight excluding hydrogens is 284 g/mol. The fourth-order valence-electron chi connectivity index (χ4n) is 2.56. The zero-order chi connectivity index (χ0) is 15.2. The van der Waals surface area contributed by atoms with Gasteiger partial charge in [0.05, 0.1) is 18.9 Å². The topological polar surface area (TPSA) is 97.9 Å². The lowest BCUT2D eigenvalue weighted by molar-refractivity contribution is 0.0942. The molecule has 1 atom stereocenters. The Labute approximate surface area is 128 Å². The molecule has 0 spiro atoms. The van der Waals surface area contributed by atoms with Gasteiger partial charge in [0.1, 0.15) is 0 Å². The van der Waals surface area contributed by atoms with E-state index in [-0.39, 0.29) is 12.5 Å². The minimum atomic E-state index is -0.265. The predicted octanol–water partition coefficient (Wildman–Crippen LogP) is 0.728. The normalized spacial score (nSPS) is 18.3. The maximum Gasteiger partial charge on any atom is 0.273 e. The van der Waals surface area contributed by atoms with Gasteiger partial charge in [0.15, 0.2) is 11.5 Å². The van der Waals surface area contributed by atoms with Crippen LogP contribution in [0.3, 0.4) is 0 Å². The van der Waals surface area contributed by atoms with E-state index in [0.29, 0.717) is 17.5 Å². The summed E-state index contributed by atoms with van der Waals surface area (Å²) in [6.07, 6.45) is 7.97. The number of carbonyl (C=O) groups excluding carboxylic acids is 1. The first-order valence-corrected chi connectivity index (χ1v) is 7.62. The summed E-state index contributed by atoms with van der Waals surface area (Å²) in [5.74, 6) is 0.336. The Morgan fingerprint density at radius 1 is 1.50 bits per heavy atom. The second-order valence-electron chi connectivity index (χ2n) is 5.46. The van der Waals surface area contributed by atoms with Crippen LogP contribution in [-0.4, -0.2) is 38.6 Å². The first-order chi connectivity index (χ1) is 10.8. The number of amides is 1. The minimum Gasteiger partial charge on any atom is -0.360 e. The van der Waals surface area contributed by atoms with Crippen molar-refractivity contribution in [3.63, 3.8) is 0 Å². The molecule has 2 N–H and O–H groups in total. The molecule has 8 nitrogen and oxygen atoms in total. The van der Waals surface area contributed by atoms with Crippen molar-refractivity contribution in [2.24, 2.45) is 0 Å². The molecule has 8 heteroatoms. The van der Waals surface area contributed by atoms with Crippen molar-refractivity contribution in [3.8, 4) is 0 Å². The van der Waals surface area contributed by atoms with Gasteiger partial charge in [0.2, 0.25) is 0 Å². The summed E-state index contributed by atoms with van der Waals surface area (Å²) in [4.78, 5) is 12.0. The van der Waals surface area contributed by atoms with E-state index < -0.39 is 0 Å². The van der Waals surface area contributed by atoms with Crippen LogP contribution in [0.1, 0.15) is 41.9 Å². The van der Waals surface area contributed by atoms with Crippen LogP contribution in [0.4, 0.5) is 0 Å². The van der Waals surface area contributed by atoms with Crippen LogP contribution in [0.5, 0.6) is 0 Å². The first kappa shape index (κ1) is 14.7. The van der Waals surface area contributed by atoms with E-state index in [1.165, 1.54) is 25.5 Å². The molecule has 22 heavy (non-hydrogen) atoms. The molecule has 0 aliphatic carbocycles. The van der Waals surface area contributed by atoms with Crippen LogP contribution in [0.2, 0.25) is 0 Å². The van der Waals surface area contributed by atoms with Crippen molar-refractivity contribution in [1.82, 2.24) is 30.8 Å². The average molecular weight is 304 g/mol. The molecule has 0 saturated carbocycles. The van der Waals surface area contributed by atoms with E-state index in [2.05, 4.69) is 26.1 Å². The molecule has 2 aromatic heterocycles.